The van der Waals surface area contributed by atoms with E-state index in [0.29, 0.717) is 77.9 Å². The molecule has 2 unspecified atom stereocenters. The Morgan fingerprint density at radius 3 is 2.02 bits per heavy atom. The SMILES string of the molecule is CC(=O)OC1[C@@H](OCCCCOCc2cn(CCOCCOCCOCCO)nn2)OC(C)[C@@H](OC(C)=O)[C@@H]1OC(C)=O. The molecule has 0 bridgehead atoms. The van der Waals surface area contributed by atoms with E-state index < -0.39 is 48.6 Å². The Hall–Kier alpha value is -2.73. The minimum Gasteiger partial charge on any atom is -0.456 e. The Morgan fingerprint density at radius 1 is 0.791 bits per heavy atom. The first kappa shape index (κ1) is 36.5. The molecule has 1 aliphatic rings. The van der Waals surface area contributed by atoms with Crippen molar-refractivity contribution in [2.75, 3.05) is 59.5 Å². The minimum absolute atomic E-state index is 0.00183. The molecule has 0 amide bonds. The van der Waals surface area contributed by atoms with Gasteiger partial charge in [0.25, 0.3) is 0 Å². The van der Waals surface area contributed by atoms with Crippen LogP contribution in [0.5, 0.6) is 0 Å². The van der Waals surface area contributed by atoms with Gasteiger partial charge in [0.1, 0.15) is 5.69 Å². The monoisotopic (exact) mass is 619 g/mol. The molecule has 2 rings (SSSR count). The zero-order chi connectivity index (χ0) is 31.5. The van der Waals surface area contributed by atoms with Crippen LogP contribution in [0.25, 0.3) is 0 Å². The van der Waals surface area contributed by atoms with Gasteiger partial charge < -0.3 is 47.7 Å². The van der Waals surface area contributed by atoms with Crippen LogP contribution in [0.4, 0.5) is 0 Å². The van der Waals surface area contributed by atoms with Crippen LogP contribution in [0.1, 0.15) is 46.2 Å². The van der Waals surface area contributed by atoms with Crippen LogP contribution in [0, 0.1) is 0 Å². The molecule has 0 spiro atoms. The maximum atomic E-state index is 11.8. The number of carbonyl (C=O) groups is 3. The first-order chi connectivity index (χ1) is 20.7. The Morgan fingerprint density at radius 2 is 1.37 bits per heavy atom. The molecule has 16 nitrogen and oxygen atoms in total. The van der Waals surface area contributed by atoms with Gasteiger partial charge in [-0.25, -0.2) is 4.68 Å². The molecule has 246 valence electrons. The summed E-state index contributed by atoms with van der Waals surface area (Å²) in [6.45, 7) is 9.39. The molecule has 1 N–H and O–H groups in total. The highest BCUT2D eigenvalue weighted by Crippen LogP contribution is 2.29. The van der Waals surface area contributed by atoms with E-state index in [1.54, 1.807) is 17.8 Å². The van der Waals surface area contributed by atoms with Gasteiger partial charge in [-0.05, 0) is 19.8 Å². The van der Waals surface area contributed by atoms with Crippen molar-refractivity contribution in [1.82, 2.24) is 15.0 Å². The third-order valence-corrected chi connectivity index (χ3v) is 5.88. The second kappa shape index (κ2) is 21.1. The van der Waals surface area contributed by atoms with E-state index >= 15 is 0 Å². The topological polar surface area (TPSA) is 185 Å². The summed E-state index contributed by atoms with van der Waals surface area (Å²) in [5.74, 6) is -1.85. The molecular weight excluding hydrogens is 574 g/mol. The van der Waals surface area contributed by atoms with Gasteiger partial charge in [0.05, 0.1) is 71.7 Å². The average Bonchev–Trinajstić information content (AvgIpc) is 3.40. The van der Waals surface area contributed by atoms with Crippen molar-refractivity contribution in [3.05, 3.63) is 11.9 Å². The molecule has 1 aromatic rings. The number of esters is 3. The van der Waals surface area contributed by atoms with E-state index in [1.807, 2.05) is 0 Å². The maximum Gasteiger partial charge on any atom is 0.303 e. The molecule has 0 aromatic carbocycles. The molecule has 1 aromatic heterocycles. The van der Waals surface area contributed by atoms with E-state index in [-0.39, 0.29) is 13.2 Å². The smallest absolute Gasteiger partial charge is 0.303 e. The van der Waals surface area contributed by atoms with E-state index in [4.69, 9.17) is 47.7 Å². The average molecular weight is 620 g/mol. The third-order valence-electron chi connectivity index (χ3n) is 5.88. The van der Waals surface area contributed by atoms with Crippen LogP contribution >= 0.6 is 0 Å². The molecule has 2 heterocycles. The number of hydrogen-bond acceptors (Lipinski definition) is 15. The van der Waals surface area contributed by atoms with Crippen molar-refractivity contribution in [1.29, 1.82) is 0 Å². The summed E-state index contributed by atoms with van der Waals surface area (Å²) in [7, 11) is 0. The summed E-state index contributed by atoms with van der Waals surface area (Å²) in [5.41, 5.74) is 0.690. The summed E-state index contributed by atoms with van der Waals surface area (Å²) in [6.07, 6.45) is -1.83. The predicted octanol–water partition coefficient (Wildman–Crippen LogP) is 0.174. The lowest BCUT2D eigenvalue weighted by Gasteiger charge is -2.43. The number of hydrogen-bond donors (Lipinski definition) is 1. The third kappa shape index (κ3) is 15.0. The van der Waals surface area contributed by atoms with Crippen molar-refractivity contribution in [2.24, 2.45) is 0 Å². The Kier molecular flexibility index (Phi) is 17.9. The fourth-order valence-corrected chi connectivity index (χ4v) is 4.06. The number of nitrogens with zero attached hydrogens (tertiary/aromatic N) is 3. The molecule has 1 saturated heterocycles. The lowest BCUT2D eigenvalue weighted by Crippen LogP contribution is -2.61. The van der Waals surface area contributed by atoms with Crippen LogP contribution in [0.2, 0.25) is 0 Å². The zero-order valence-corrected chi connectivity index (χ0v) is 25.3. The van der Waals surface area contributed by atoms with Crippen molar-refractivity contribution in [3.8, 4) is 0 Å². The second-order valence-electron chi connectivity index (χ2n) is 9.60. The molecule has 43 heavy (non-hydrogen) atoms. The minimum atomic E-state index is -1.12. The van der Waals surface area contributed by atoms with Gasteiger partial charge in [-0.15, -0.1) is 5.10 Å². The first-order valence-electron chi connectivity index (χ1n) is 14.3. The van der Waals surface area contributed by atoms with Gasteiger partial charge in [0, 0.05) is 34.0 Å². The highest BCUT2D eigenvalue weighted by Gasteiger charge is 2.50. The summed E-state index contributed by atoms with van der Waals surface area (Å²) < 4.78 is 51.0. The summed E-state index contributed by atoms with van der Waals surface area (Å²) in [4.78, 5) is 35.1. The standard InChI is InChI=1S/C27H45N3O13/c1-19-24(41-20(2)32)25(42-21(3)33)26(43-22(4)34)27(40-19)39-10-6-5-9-38-18-23-17-30(29-28-23)7-11-35-13-15-37-16-14-36-12-8-31/h17,19,24-27,31H,5-16,18H2,1-4H3/t19?,24-,25+,26?,27+/m1/s1. The normalized spacial score (nSPS) is 21.8. The number of ether oxygens (including phenoxy) is 9. The van der Waals surface area contributed by atoms with E-state index in [2.05, 4.69) is 10.3 Å². The Balaban J connectivity index is 1.64. The van der Waals surface area contributed by atoms with E-state index in [0.717, 1.165) is 0 Å². The predicted molar refractivity (Wildman–Crippen MR) is 145 cm³/mol. The van der Waals surface area contributed by atoms with Crippen LogP contribution in [-0.4, -0.2) is 128 Å². The molecule has 1 fully saturated rings. The van der Waals surface area contributed by atoms with Gasteiger partial charge in [0.2, 0.25) is 0 Å². The van der Waals surface area contributed by atoms with Crippen LogP contribution < -0.4 is 0 Å². The van der Waals surface area contributed by atoms with Gasteiger partial charge in [-0.2, -0.15) is 0 Å². The number of unbranched alkanes of at least 4 members (excludes halogenated alkanes) is 1. The lowest BCUT2D eigenvalue weighted by molar-refractivity contribution is -0.300. The molecule has 1 aliphatic heterocycles. The van der Waals surface area contributed by atoms with Crippen LogP contribution in [0.15, 0.2) is 6.20 Å². The number of rotatable bonds is 22. The maximum absolute atomic E-state index is 11.8. The van der Waals surface area contributed by atoms with Gasteiger partial charge in [-0.1, -0.05) is 5.21 Å². The fraction of sp³-hybridized carbons (Fsp3) is 0.815. The van der Waals surface area contributed by atoms with Crippen molar-refractivity contribution < 1.29 is 62.1 Å². The summed E-state index contributed by atoms with van der Waals surface area (Å²) in [5, 5.41) is 16.8. The first-order valence-corrected chi connectivity index (χ1v) is 14.3. The Bertz CT molecular complexity index is 947. The molecule has 5 atom stereocenters. The van der Waals surface area contributed by atoms with Gasteiger partial charge in [0.15, 0.2) is 24.6 Å². The van der Waals surface area contributed by atoms with Crippen LogP contribution in [-0.2, 0) is 70.2 Å². The van der Waals surface area contributed by atoms with E-state index in [9.17, 15) is 14.4 Å². The number of aromatic nitrogens is 3. The number of carbonyl (C=O) groups excluding carboxylic acids is 3. The van der Waals surface area contributed by atoms with Gasteiger partial charge in [-0.3, -0.25) is 14.4 Å². The fourth-order valence-electron chi connectivity index (χ4n) is 4.06. The van der Waals surface area contributed by atoms with E-state index in [1.165, 1.54) is 20.8 Å². The second-order valence-corrected chi connectivity index (χ2v) is 9.60. The van der Waals surface area contributed by atoms with Crippen LogP contribution in [0.3, 0.4) is 0 Å². The molecule has 0 aliphatic carbocycles. The van der Waals surface area contributed by atoms with Crippen molar-refractivity contribution in [2.45, 2.75) is 84.4 Å². The Labute approximate surface area is 251 Å². The molecular formula is C27H45N3O13. The summed E-state index contributed by atoms with van der Waals surface area (Å²) in [6, 6.07) is 0. The van der Waals surface area contributed by atoms with Gasteiger partial charge >= 0.3 is 17.9 Å². The molecule has 0 saturated carbocycles. The number of aliphatic hydroxyl groups is 1. The quantitative estimate of drug-likeness (QED) is 0.105. The zero-order valence-electron chi connectivity index (χ0n) is 25.3. The molecule has 16 heteroatoms. The summed E-state index contributed by atoms with van der Waals surface area (Å²) >= 11 is 0. The molecule has 0 radical (unpaired) electrons. The van der Waals surface area contributed by atoms with Crippen molar-refractivity contribution >= 4 is 17.9 Å². The van der Waals surface area contributed by atoms with Crippen molar-refractivity contribution in [3.63, 3.8) is 0 Å². The largest absolute Gasteiger partial charge is 0.456 e. The number of aliphatic hydroxyl groups excluding tert-OH is 1. The highest BCUT2D eigenvalue weighted by atomic mass is 16.7. The highest BCUT2D eigenvalue weighted by molar-refractivity contribution is 5.68. The lowest BCUT2D eigenvalue weighted by atomic mass is 9.99.